The average molecular weight is 244 g/mol. The second-order valence-electron chi connectivity index (χ2n) is 4.17. The lowest BCUT2D eigenvalue weighted by Gasteiger charge is -2.04. The largest absolute Gasteiger partial charge is 0.295 e. The van der Waals surface area contributed by atoms with E-state index in [1.807, 2.05) is 18.2 Å². The summed E-state index contributed by atoms with van der Waals surface area (Å²) in [5.74, 6) is 0.216. The van der Waals surface area contributed by atoms with Gasteiger partial charge in [-0.1, -0.05) is 23.7 Å². The van der Waals surface area contributed by atoms with Crippen LogP contribution in [0.15, 0.2) is 36.5 Å². The highest BCUT2D eigenvalue weighted by Crippen LogP contribution is 2.29. The van der Waals surface area contributed by atoms with Gasteiger partial charge in [0.05, 0.1) is 0 Å². The summed E-state index contributed by atoms with van der Waals surface area (Å²) in [4.78, 5) is 15.3. The maximum Gasteiger partial charge on any atom is 0.156 e. The third kappa shape index (κ3) is 1.85. The van der Waals surface area contributed by atoms with E-state index < -0.39 is 0 Å². The smallest absolute Gasteiger partial charge is 0.156 e. The summed E-state index contributed by atoms with van der Waals surface area (Å²) >= 11 is 6.01. The van der Waals surface area contributed by atoms with Crippen molar-refractivity contribution < 1.29 is 4.79 Å². The van der Waals surface area contributed by atoms with Crippen molar-refractivity contribution in [3.8, 4) is 0 Å². The van der Waals surface area contributed by atoms with Crippen LogP contribution in [0.5, 0.6) is 0 Å². The molecule has 0 radical (unpaired) electrons. The first kappa shape index (κ1) is 10.5. The molecule has 3 heteroatoms. The fourth-order valence-electron chi connectivity index (χ4n) is 2.16. The van der Waals surface area contributed by atoms with Gasteiger partial charge in [0.2, 0.25) is 0 Å². The first-order valence-corrected chi connectivity index (χ1v) is 5.90. The van der Waals surface area contributed by atoms with Crippen LogP contribution in [0, 0.1) is 0 Å². The van der Waals surface area contributed by atoms with E-state index >= 15 is 0 Å². The molecule has 0 unspecified atom stereocenters. The van der Waals surface area contributed by atoms with E-state index in [0.717, 1.165) is 28.3 Å². The summed E-state index contributed by atoms with van der Waals surface area (Å²) in [5, 5.41) is 2.52. The molecule has 3 rings (SSSR count). The summed E-state index contributed by atoms with van der Waals surface area (Å²) in [6.45, 7) is 0. The standard InChI is InChI=1S/C14H10ClNO/c15-14-13-4-2-9(7-11(13)5-6-16-14)10-1-3-12(17)8-10/h2,4-8H,1,3H2. The number of ketones is 1. The van der Waals surface area contributed by atoms with Crippen molar-refractivity contribution >= 4 is 33.7 Å². The molecule has 0 fully saturated rings. The minimum Gasteiger partial charge on any atom is -0.295 e. The lowest BCUT2D eigenvalue weighted by Crippen LogP contribution is -1.83. The molecule has 2 nitrogen and oxygen atoms in total. The molecule has 0 saturated heterocycles. The number of halogens is 1. The molecule has 0 N–H and O–H groups in total. The summed E-state index contributed by atoms with van der Waals surface area (Å²) in [6, 6.07) is 7.96. The molecule has 0 atom stereocenters. The zero-order valence-corrected chi connectivity index (χ0v) is 9.87. The van der Waals surface area contributed by atoms with E-state index in [4.69, 9.17) is 11.6 Å². The number of nitrogens with zero attached hydrogens (tertiary/aromatic N) is 1. The van der Waals surface area contributed by atoms with Crippen LogP contribution < -0.4 is 0 Å². The summed E-state index contributed by atoms with van der Waals surface area (Å²) in [5.41, 5.74) is 2.22. The molecule has 0 amide bonds. The van der Waals surface area contributed by atoms with E-state index in [-0.39, 0.29) is 5.78 Å². The van der Waals surface area contributed by atoms with E-state index in [2.05, 4.69) is 11.1 Å². The Balaban J connectivity index is 2.14. The topological polar surface area (TPSA) is 30.0 Å². The number of rotatable bonds is 1. The molecule has 1 aromatic heterocycles. The van der Waals surface area contributed by atoms with E-state index in [1.165, 1.54) is 0 Å². The van der Waals surface area contributed by atoms with Crippen LogP contribution in [0.25, 0.3) is 16.3 Å². The molecule has 17 heavy (non-hydrogen) atoms. The Kier molecular flexibility index (Phi) is 2.45. The van der Waals surface area contributed by atoms with Gasteiger partial charge in [-0.3, -0.25) is 4.79 Å². The Morgan fingerprint density at radius 2 is 2.06 bits per heavy atom. The SMILES string of the molecule is O=C1C=C(c2ccc3c(Cl)nccc3c2)CC1. The van der Waals surface area contributed by atoms with Crippen LogP contribution in [-0.4, -0.2) is 10.8 Å². The summed E-state index contributed by atoms with van der Waals surface area (Å²) in [6.07, 6.45) is 4.90. The van der Waals surface area contributed by atoms with Crippen LogP contribution in [0.3, 0.4) is 0 Å². The van der Waals surface area contributed by atoms with Crippen molar-refractivity contribution in [2.75, 3.05) is 0 Å². The van der Waals surface area contributed by atoms with Gasteiger partial charge in [-0.05, 0) is 41.2 Å². The van der Waals surface area contributed by atoms with Gasteiger partial charge in [-0.2, -0.15) is 0 Å². The highest BCUT2D eigenvalue weighted by Gasteiger charge is 2.13. The van der Waals surface area contributed by atoms with E-state index in [0.29, 0.717) is 11.6 Å². The summed E-state index contributed by atoms with van der Waals surface area (Å²) in [7, 11) is 0. The molecule has 0 saturated carbocycles. The molecule has 0 spiro atoms. The van der Waals surface area contributed by atoms with Crippen molar-refractivity contribution in [1.82, 2.24) is 4.98 Å². The minimum absolute atomic E-state index is 0.216. The van der Waals surface area contributed by atoms with Gasteiger partial charge in [0, 0.05) is 18.0 Å². The fourth-order valence-corrected chi connectivity index (χ4v) is 2.39. The van der Waals surface area contributed by atoms with E-state index in [1.54, 1.807) is 12.3 Å². The lowest BCUT2D eigenvalue weighted by atomic mass is 10.0. The van der Waals surface area contributed by atoms with Gasteiger partial charge in [0.25, 0.3) is 0 Å². The van der Waals surface area contributed by atoms with Crippen LogP contribution in [0.2, 0.25) is 5.15 Å². The molecule has 1 aromatic carbocycles. The zero-order chi connectivity index (χ0) is 11.8. The highest BCUT2D eigenvalue weighted by atomic mass is 35.5. The van der Waals surface area contributed by atoms with Crippen molar-refractivity contribution in [2.45, 2.75) is 12.8 Å². The number of carbonyl (C=O) groups excluding carboxylic acids is 1. The molecular weight excluding hydrogens is 234 g/mol. The van der Waals surface area contributed by atoms with Crippen LogP contribution in [0.1, 0.15) is 18.4 Å². The predicted molar refractivity (Wildman–Crippen MR) is 69.0 cm³/mol. The number of allylic oxidation sites excluding steroid dienone is 2. The molecule has 84 valence electrons. The monoisotopic (exact) mass is 243 g/mol. The Morgan fingerprint density at radius 1 is 1.18 bits per heavy atom. The van der Waals surface area contributed by atoms with Gasteiger partial charge < -0.3 is 0 Å². The number of hydrogen-bond donors (Lipinski definition) is 0. The van der Waals surface area contributed by atoms with Crippen LogP contribution in [-0.2, 0) is 4.79 Å². The molecule has 1 heterocycles. The highest BCUT2D eigenvalue weighted by molar-refractivity contribution is 6.34. The number of pyridine rings is 1. The van der Waals surface area contributed by atoms with Crippen molar-refractivity contribution in [3.05, 3.63) is 47.3 Å². The minimum atomic E-state index is 0.216. The number of carbonyl (C=O) groups is 1. The van der Waals surface area contributed by atoms with E-state index in [9.17, 15) is 4.79 Å². The number of benzene rings is 1. The van der Waals surface area contributed by atoms with Crippen molar-refractivity contribution in [3.63, 3.8) is 0 Å². The van der Waals surface area contributed by atoms with Gasteiger partial charge in [0.15, 0.2) is 5.78 Å². The van der Waals surface area contributed by atoms with Crippen molar-refractivity contribution in [2.24, 2.45) is 0 Å². The second-order valence-corrected chi connectivity index (χ2v) is 4.53. The number of hydrogen-bond acceptors (Lipinski definition) is 2. The van der Waals surface area contributed by atoms with Gasteiger partial charge in [-0.15, -0.1) is 0 Å². The number of fused-ring (bicyclic) bond motifs is 1. The molecule has 1 aliphatic rings. The quantitative estimate of drug-likeness (QED) is 0.716. The molecule has 2 aromatic rings. The Morgan fingerprint density at radius 3 is 2.82 bits per heavy atom. The normalized spacial score (nSPS) is 15.4. The Hall–Kier alpha value is -1.67. The predicted octanol–water partition coefficient (Wildman–Crippen LogP) is 3.63. The Labute approximate surface area is 104 Å². The number of aromatic nitrogens is 1. The van der Waals surface area contributed by atoms with Gasteiger partial charge in [0.1, 0.15) is 5.15 Å². The molecule has 0 bridgehead atoms. The zero-order valence-electron chi connectivity index (χ0n) is 9.11. The Bertz CT molecular complexity index is 646. The molecule has 1 aliphatic carbocycles. The maximum atomic E-state index is 11.2. The van der Waals surface area contributed by atoms with Gasteiger partial charge in [-0.25, -0.2) is 4.98 Å². The maximum absolute atomic E-state index is 11.2. The summed E-state index contributed by atoms with van der Waals surface area (Å²) < 4.78 is 0. The third-order valence-corrected chi connectivity index (χ3v) is 3.36. The lowest BCUT2D eigenvalue weighted by molar-refractivity contribution is -0.114. The van der Waals surface area contributed by atoms with Crippen LogP contribution in [0.4, 0.5) is 0 Å². The first-order chi connectivity index (χ1) is 8.24. The first-order valence-electron chi connectivity index (χ1n) is 5.52. The fraction of sp³-hybridized carbons (Fsp3) is 0.143. The van der Waals surface area contributed by atoms with Crippen molar-refractivity contribution in [1.29, 1.82) is 0 Å². The third-order valence-electron chi connectivity index (χ3n) is 3.06. The van der Waals surface area contributed by atoms with Crippen LogP contribution >= 0.6 is 11.6 Å². The second kappa shape index (κ2) is 3.97. The molecule has 0 aliphatic heterocycles. The average Bonchev–Trinajstić information content (AvgIpc) is 2.76. The van der Waals surface area contributed by atoms with Gasteiger partial charge >= 0.3 is 0 Å². The molecular formula is C14H10ClNO.